The molecule has 0 radical (unpaired) electrons. The normalized spacial score (nSPS) is 10.6. The van der Waals surface area contributed by atoms with Crippen LogP contribution >= 0.6 is 24.0 Å². The van der Waals surface area contributed by atoms with Gasteiger partial charge < -0.3 is 25.4 Å². The van der Waals surface area contributed by atoms with Crippen molar-refractivity contribution in [1.82, 2.24) is 10.3 Å². The fourth-order valence-electron chi connectivity index (χ4n) is 2.38. The van der Waals surface area contributed by atoms with Crippen molar-refractivity contribution in [2.24, 2.45) is 4.99 Å². The number of anilines is 2. The first-order valence-corrected chi connectivity index (χ1v) is 9.06. The maximum Gasteiger partial charge on any atom is 0.227 e. The summed E-state index contributed by atoms with van der Waals surface area (Å²) in [4.78, 5) is 20.4. The molecule has 0 fully saturated rings. The summed E-state index contributed by atoms with van der Waals surface area (Å²) in [7, 11) is 3.26. The summed E-state index contributed by atoms with van der Waals surface area (Å²) in [5.41, 5.74) is 1.84. The number of halogens is 1. The fourth-order valence-corrected chi connectivity index (χ4v) is 2.38. The van der Waals surface area contributed by atoms with Crippen molar-refractivity contribution >= 4 is 47.3 Å². The number of nitrogens with zero attached hydrogens (tertiary/aromatic N) is 2. The van der Waals surface area contributed by atoms with Gasteiger partial charge in [0, 0.05) is 38.0 Å². The van der Waals surface area contributed by atoms with Gasteiger partial charge in [-0.25, -0.2) is 4.98 Å². The summed E-state index contributed by atoms with van der Waals surface area (Å²) in [6, 6.07) is 9.21. The predicted octanol–water partition coefficient (Wildman–Crippen LogP) is 3.43. The Kier molecular flexibility index (Phi) is 10.8. The van der Waals surface area contributed by atoms with Crippen LogP contribution in [0.25, 0.3) is 0 Å². The van der Waals surface area contributed by atoms with E-state index in [9.17, 15) is 4.79 Å². The van der Waals surface area contributed by atoms with E-state index in [0.29, 0.717) is 36.4 Å². The van der Waals surface area contributed by atoms with Crippen LogP contribution < -0.4 is 25.4 Å². The fraction of sp³-hybridized carbons (Fsp3) is 0.350. The standard InChI is InChI=1S/C20H27N5O3.HI/c1-5-28-16-8-7-15(12-17(16)27-4)24-20(21-3)22-11-10-19(26)25-18-9-6-14(2)13-23-18;/h6-9,12-13H,5,10-11H2,1-4H3,(H2,21,22,24)(H,23,25,26);1H. The van der Waals surface area contributed by atoms with Gasteiger partial charge in [0.15, 0.2) is 17.5 Å². The van der Waals surface area contributed by atoms with Crippen LogP contribution in [0.4, 0.5) is 11.5 Å². The lowest BCUT2D eigenvalue weighted by molar-refractivity contribution is -0.116. The molecule has 0 spiro atoms. The number of amides is 1. The first-order chi connectivity index (χ1) is 13.5. The molecular formula is C20H28IN5O3. The zero-order valence-corrected chi connectivity index (χ0v) is 19.4. The first-order valence-electron chi connectivity index (χ1n) is 9.06. The Balaban J connectivity index is 0.00000420. The van der Waals surface area contributed by atoms with Gasteiger partial charge in [0.25, 0.3) is 0 Å². The van der Waals surface area contributed by atoms with E-state index < -0.39 is 0 Å². The van der Waals surface area contributed by atoms with Gasteiger partial charge in [0.05, 0.1) is 13.7 Å². The molecule has 8 nitrogen and oxygen atoms in total. The smallest absolute Gasteiger partial charge is 0.227 e. The van der Waals surface area contributed by atoms with Crippen LogP contribution in [0.1, 0.15) is 18.9 Å². The van der Waals surface area contributed by atoms with Crippen molar-refractivity contribution in [3.63, 3.8) is 0 Å². The number of carbonyl (C=O) groups excluding carboxylic acids is 1. The second kappa shape index (κ2) is 12.8. The number of pyridine rings is 1. The van der Waals surface area contributed by atoms with E-state index in [1.165, 1.54) is 0 Å². The van der Waals surface area contributed by atoms with Gasteiger partial charge in [0.1, 0.15) is 5.82 Å². The second-order valence-electron chi connectivity index (χ2n) is 5.94. The van der Waals surface area contributed by atoms with Gasteiger partial charge in [-0.2, -0.15) is 0 Å². The highest BCUT2D eigenvalue weighted by molar-refractivity contribution is 14.0. The van der Waals surface area contributed by atoms with Gasteiger partial charge in [0.2, 0.25) is 5.91 Å². The predicted molar refractivity (Wildman–Crippen MR) is 127 cm³/mol. The van der Waals surface area contributed by atoms with Crippen molar-refractivity contribution in [2.45, 2.75) is 20.3 Å². The summed E-state index contributed by atoms with van der Waals surface area (Å²) >= 11 is 0. The average molecular weight is 513 g/mol. The number of aryl methyl sites for hydroxylation is 1. The zero-order chi connectivity index (χ0) is 20.4. The van der Waals surface area contributed by atoms with Gasteiger partial charge in [-0.1, -0.05) is 6.07 Å². The molecule has 0 aliphatic carbocycles. The number of carbonyl (C=O) groups is 1. The monoisotopic (exact) mass is 513 g/mol. The molecule has 3 N–H and O–H groups in total. The van der Waals surface area contributed by atoms with Gasteiger partial charge in [-0.05, 0) is 37.6 Å². The molecule has 0 bridgehead atoms. The van der Waals surface area contributed by atoms with Crippen LogP contribution in [-0.4, -0.2) is 44.2 Å². The van der Waals surface area contributed by atoms with E-state index in [1.54, 1.807) is 26.4 Å². The topological polar surface area (TPSA) is 96.9 Å². The number of methoxy groups -OCH3 is 1. The molecule has 1 aromatic heterocycles. The third-order valence-electron chi connectivity index (χ3n) is 3.77. The quantitative estimate of drug-likeness (QED) is 0.285. The SMILES string of the molecule is CCOc1ccc(NC(=NC)NCCC(=O)Nc2ccc(C)cn2)cc1OC.I. The minimum Gasteiger partial charge on any atom is -0.493 e. The van der Waals surface area contributed by atoms with Crippen molar-refractivity contribution in [3.8, 4) is 11.5 Å². The second-order valence-corrected chi connectivity index (χ2v) is 5.94. The molecule has 1 amide bonds. The number of hydrogen-bond acceptors (Lipinski definition) is 5. The number of aliphatic imine (C=N–C) groups is 1. The Morgan fingerprint density at radius 1 is 1.17 bits per heavy atom. The molecule has 0 saturated carbocycles. The van der Waals surface area contributed by atoms with Gasteiger partial charge in [-0.3, -0.25) is 9.79 Å². The number of rotatable bonds is 8. The van der Waals surface area contributed by atoms with Crippen LogP contribution in [0.5, 0.6) is 11.5 Å². The van der Waals surface area contributed by atoms with Crippen LogP contribution in [0.15, 0.2) is 41.5 Å². The van der Waals surface area contributed by atoms with Crippen LogP contribution in [0.2, 0.25) is 0 Å². The van der Waals surface area contributed by atoms with Gasteiger partial charge in [-0.15, -0.1) is 24.0 Å². The highest BCUT2D eigenvalue weighted by atomic mass is 127. The molecule has 0 aliphatic heterocycles. The van der Waals surface area contributed by atoms with Crippen LogP contribution in [-0.2, 0) is 4.79 Å². The number of nitrogens with one attached hydrogen (secondary N) is 3. The molecule has 29 heavy (non-hydrogen) atoms. The lowest BCUT2D eigenvalue weighted by Gasteiger charge is -2.14. The minimum absolute atomic E-state index is 0. The van der Waals surface area contributed by atoms with Gasteiger partial charge >= 0.3 is 0 Å². The van der Waals surface area contributed by atoms with E-state index >= 15 is 0 Å². The van der Waals surface area contributed by atoms with E-state index in [4.69, 9.17) is 9.47 Å². The molecule has 1 aromatic carbocycles. The largest absolute Gasteiger partial charge is 0.493 e. The molecule has 1 heterocycles. The molecule has 0 unspecified atom stereocenters. The molecule has 9 heteroatoms. The summed E-state index contributed by atoms with van der Waals surface area (Å²) in [6.45, 7) is 4.85. The molecule has 2 rings (SSSR count). The molecule has 2 aromatic rings. The maximum atomic E-state index is 12.0. The lowest BCUT2D eigenvalue weighted by Crippen LogP contribution is -2.33. The highest BCUT2D eigenvalue weighted by Crippen LogP contribution is 2.30. The Morgan fingerprint density at radius 2 is 1.97 bits per heavy atom. The Bertz CT molecular complexity index is 812. The average Bonchev–Trinajstić information content (AvgIpc) is 2.70. The highest BCUT2D eigenvalue weighted by Gasteiger charge is 2.08. The third kappa shape index (κ3) is 8.14. The Hall–Kier alpha value is -2.56. The Morgan fingerprint density at radius 3 is 2.59 bits per heavy atom. The number of benzene rings is 1. The van der Waals surface area contributed by atoms with E-state index in [2.05, 4.69) is 25.9 Å². The van der Waals surface area contributed by atoms with Crippen LogP contribution in [0.3, 0.4) is 0 Å². The van der Waals surface area contributed by atoms with E-state index in [1.807, 2.05) is 38.1 Å². The number of aromatic nitrogens is 1. The Labute approximate surface area is 188 Å². The molecule has 158 valence electrons. The molecule has 0 saturated heterocycles. The minimum atomic E-state index is -0.123. The van der Waals surface area contributed by atoms with Crippen molar-refractivity contribution in [1.29, 1.82) is 0 Å². The molecule has 0 aliphatic rings. The summed E-state index contributed by atoms with van der Waals surface area (Å²) in [6.07, 6.45) is 1.99. The maximum absolute atomic E-state index is 12.0. The van der Waals surface area contributed by atoms with E-state index in [-0.39, 0.29) is 36.3 Å². The number of guanidine groups is 1. The summed E-state index contributed by atoms with van der Waals surface area (Å²) < 4.78 is 10.9. The first kappa shape index (κ1) is 24.5. The number of ether oxygens (including phenoxy) is 2. The molecular weight excluding hydrogens is 485 g/mol. The zero-order valence-electron chi connectivity index (χ0n) is 17.1. The lowest BCUT2D eigenvalue weighted by atomic mass is 10.2. The van der Waals surface area contributed by atoms with Crippen LogP contribution in [0, 0.1) is 6.92 Å². The van der Waals surface area contributed by atoms with E-state index in [0.717, 1.165) is 11.3 Å². The van der Waals surface area contributed by atoms with Crippen molar-refractivity contribution < 1.29 is 14.3 Å². The molecule has 0 atom stereocenters. The van der Waals surface area contributed by atoms with Crippen molar-refractivity contribution in [2.75, 3.05) is 37.9 Å². The van der Waals surface area contributed by atoms with Crippen molar-refractivity contribution in [3.05, 3.63) is 42.1 Å². The third-order valence-corrected chi connectivity index (χ3v) is 3.77. The number of hydrogen-bond donors (Lipinski definition) is 3. The summed E-state index contributed by atoms with van der Waals surface area (Å²) in [5.74, 6) is 2.28. The summed E-state index contributed by atoms with van der Waals surface area (Å²) in [5, 5.41) is 9.03.